The summed E-state index contributed by atoms with van der Waals surface area (Å²) in [5.41, 5.74) is -0.0192. The third-order valence-electron chi connectivity index (χ3n) is 1.89. The second-order valence-electron chi connectivity index (χ2n) is 4.15. The van der Waals surface area contributed by atoms with E-state index in [4.69, 9.17) is 0 Å². The summed E-state index contributed by atoms with van der Waals surface area (Å²) in [6, 6.07) is 0. The van der Waals surface area contributed by atoms with Gasteiger partial charge in [-0.25, -0.2) is 0 Å². The average molecular weight is 193 g/mol. The van der Waals surface area contributed by atoms with Crippen molar-refractivity contribution in [3.05, 3.63) is 22.4 Å². The number of aromatic nitrogens is 5. The maximum atomic E-state index is 11.6. The van der Waals surface area contributed by atoms with Gasteiger partial charge in [0.15, 0.2) is 0 Å². The Balaban J connectivity index is 2.78. The van der Waals surface area contributed by atoms with Gasteiger partial charge in [0.2, 0.25) is 0 Å². The van der Waals surface area contributed by atoms with Crippen LogP contribution in [-0.2, 0) is 5.41 Å². The number of hydrogen-bond acceptors (Lipinski definition) is 4. The van der Waals surface area contributed by atoms with Gasteiger partial charge >= 0.3 is 0 Å². The Morgan fingerprint density at radius 3 is 2.79 bits per heavy atom. The highest BCUT2D eigenvalue weighted by Crippen LogP contribution is 2.15. The molecule has 0 fully saturated rings. The number of hydrogen-bond donors (Lipinski definition) is 1. The Hall–Kier alpha value is -1.72. The second-order valence-corrected chi connectivity index (χ2v) is 4.15. The average Bonchev–Trinajstić information content (AvgIpc) is 2.47. The Morgan fingerprint density at radius 2 is 2.14 bits per heavy atom. The van der Waals surface area contributed by atoms with Crippen molar-refractivity contribution in [2.75, 3.05) is 0 Å². The summed E-state index contributed by atoms with van der Waals surface area (Å²) in [7, 11) is 0. The molecule has 0 bridgehead atoms. The van der Waals surface area contributed by atoms with Crippen LogP contribution in [0.4, 0.5) is 0 Å². The highest BCUT2D eigenvalue weighted by atomic mass is 16.1. The summed E-state index contributed by atoms with van der Waals surface area (Å²) in [4.78, 5) is 14.2. The second kappa shape index (κ2) is 2.63. The fraction of sp³-hybridized carbons (Fsp3) is 0.500. The van der Waals surface area contributed by atoms with E-state index in [1.54, 1.807) is 0 Å². The van der Waals surface area contributed by atoms with Gasteiger partial charge in [-0.3, -0.25) is 9.78 Å². The SMILES string of the molecule is CC(C)(C)c1nn2cnnc2[nH]c1=O. The summed E-state index contributed by atoms with van der Waals surface area (Å²) in [5.74, 6) is 0.364. The quantitative estimate of drug-likeness (QED) is 0.644. The van der Waals surface area contributed by atoms with E-state index in [0.717, 1.165) is 0 Å². The lowest BCUT2D eigenvalue weighted by Gasteiger charge is -2.15. The maximum Gasteiger partial charge on any atom is 0.274 e. The molecule has 6 nitrogen and oxygen atoms in total. The molecule has 0 aliphatic carbocycles. The Kier molecular flexibility index (Phi) is 1.67. The zero-order valence-corrected chi connectivity index (χ0v) is 8.27. The van der Waals surface area contributed by atoms with Gasteiger partial charge in [0, 0.05) is 5.41 Å². The number of H-pyrrole nitrogens is 1. The van der Waals surface area contributed by atoms with Gasteiger partial charge in [-0.05, 0) is 0 Å². The van der Waals surface area contributed by atoms with Crippen LogP contribution in [-0.4, -0.2) is 24.8 Å². The third-order valence-corrected chi connectivity index (χ3v) is 1.89. The van der Waals surface area contributed by atoms with Crippen LogP contribution in [0.25, 0.3) is 5.78 Å². The molecule has 1 N–H and O–H groups in total. The van der Waals surface area contributed by atoms with E-state index in [1.165, 1.54) is 10.8 Å². The largest absolute Gasteiger partial charge is 0.288 e. The first-order valence-corrected chi connectivity index (χ1v) is 4.29. The molecule has 0 aliphatic rings. The Morgan fingerprint density at radius 1 is 1.43 bits per heavy atom. The van der Waals surface area contributed by atoms with Crippen LogP contribution in [0.3, 0.4) is 0 Å². The molecule has 0 saturated carbocycles. The van der Waals surface area contributed by atoms with Crippen LogP contribution in [0.5, 0.6) is 0 Å². The third kappa shape index (κ3) is 1.28. The molecule has 0 spiro atoms. The molecule has 0 saturated heterocycles. The zero-order chi connectivity index (χ0) is 10.3. The van der Waals surface area contributed by atoms with Crippen molar-refractivity contribution in [1.29, 1.82) is 0 Å². The number of fused-ring (bicyclic) bond motifs is 1. The molecular weight excluding hydrogens is 182 g/mol. The lowest BCUT2D eigenvalue weighted by atomic mass is 9.93. The molecular formula is C8H11N5O. The van der Waals surface area contributed by atoms with Crippen LogP contribution in [0.2, 0.25) is 0 Å². The fourth-order valence-electron chi connectivity index (χ4n) is 1.19. The van der Waals surface area contributed by atoms with Gasteiger partial charge in [0.1, 0.15) is 12.0 Å². The molecule has 0 aliphatic heterocycles. The van der Waals surface area contributed by atoms with Gasteiger partial charge in [-0.2, -0.15) is 9.61 Å². The highest BCUT2D eigenvalue weighted by molar-refractivity contribution is 5.23. The molecule has 0 amide bonds. The molecule has 74 valence electrons. The van der Waals surface area contributed by atoms with Crippen molar-refractivity contribution in [2.24, 2.45) is 0 Å². The first kappa shape index (κ1) is 8.86. The molecule has 14 heavy (non-hydrogen) atoms. The number of nitrogens with zero attached hydrogens (tertiary/aromatic N) is 4. The van der Waals surface area contributed by atoms with Crippen molar-refractivity contribution in [3.8, 4) is 0 Å². The minimum Gasteiger partial charge on any atom is -0.288 e. The zero-order valence-electron chi connectivity index (χ0n) is 8.27. The molecule has 2 rings (SSSR count). The van der Waals surface area contributed by atoms with Gasteiger partial charge in [-0.15, -0.1) is 10.2 Å². The van der Waals surface area contributed by atoms with E-state index in [2.05, 4.69) is 20.3 Å². The summed E-state index contributed by atoms with van der Waals surface area (Å²) >= 11 is 0. The molecule has 0 radical (unpaired) electrons. The molecule has 6 heteroatoms. The van der Waals surface area contributed by atoms with E-state index in [9.17, 15) is 4.79 Å². The molecule has 0 atom stereocenters. The molecule has 2 heterocycles. The van der Waals surface area contributed by atoms with E-state index in [-0.39, 0.29) is 11.0 Å². The van der Waals surface area contributed by atoms with Gasteiger partial charge in [-0.1, -0.05) is 20.8 Å². The van der Waals surface area contributed by atoms with Gasteiger partial charge < -0.3 is 0 Å². The summed E-state index contributed by atoms with van der Waals surface area (Å²) in [6.45, 7) is 5.79. The summed E-state index contributed by atoms with van der Waals surface area (Å²) in [5, 5.41) is 11.5. The minimum absolute atomic E-state index is 0.210. The standard InChI is InChI=1S/C8H11N5O/c1-8(2,3)5-6(14)10-7-11-9-4-13(7)12-5/h4H,1-3H3,(H,10,11,14). The maximum absolute atomic E-state index is 11.6. The van der Waals surface area contributed by atoms with Crippen molar-refractivity contribution in [3.63, 3.8) is 0 Å². The van der Waals surface area contributed by atoms with Gasteiger partial charge in [0.05, 0.1) is 0 Å². The Bertz CT molecular complexity index is 518. The van der Waals surface area contributed by atoms with E-state index in [1.807, 2.05) is 20.8 Å². The molecule has 2 aromatic heterocycles. The Labute approximate surface area is 80.0 Å². The number of aromatic amines is 1. The number of rotatable bonds is 0. The number of nitrogens with one attached hydrogen (secondary N) is 1. The normalized spacial score (nSPS) is 12.2. The molecule has 2 aromatic rings. The van der Waals surface area contributed by atoms with Crippen LogP contribution >= 0.6 is 0 Å². The van der Waals surface area contributed by atoms with E-state index >= 15 is 0 Å². The summed E-state index contributed by atoms with van der Waals surface area (Å²) < 4.78 is 1.46. The van der Waals surface area contributed by atoms with Gasteiger partial charge in [0.25, 0.3) is 11.3 Å². The van der Waals surface area contributed by atoms with E-state index < -0.39 is 0 Å². The van der Waals surface area contributed by atoms with Crippen LogP contribution in [0.15, 0.2) is 11.1 Å². The van der Waals surface area contributed by atoms with Crippen molar-refractivity contribution < 1.29 is 0 Å². The monoisotopic (exact) mass is 193 g/mol. The minimum atomic E-state index is -0.286. The van der Waals surface area contributed by atoms with Crippen LogP contribution in [0.1, 0.15) is 26.5 Å². The topological polar surface area (TPSA) is 75.9 Å². The molecule has 0 aromatic carbocycles. The molecule has 0 unspecified atom stereocenters. The van der Waals surface area contributed by atoms with Crippen molar-refractivity contribution >= 4 is 5.78 Å². The van der Waals surface area contributed by atoms with Crippen LogP contribution in [0, 0.1) is 0 Å². The first-order chi connectivity index (χ1) is 6.48. The highest BCUT2D eigenvalue weighted by Gasteiger charge is 2.20. The van der Waals surface area contributed by atoms with Crippen LogP contribution < -0.4 is 5.56 Å². The van der Waals surface area contributed by atoms with E-state index in [0.29, 0.717) is 11.5 Å². The smallest absolute Gasteiger partial charge is 0.274 e. The van der Waals surface area contributed by atoms with Crippen molar-refractivity contribution in [2.45, 2.75) is 26.2 Å². The van der Waals surface area contributed by atoms with Crippen molar-refractivity contribution in [1.82, 2.24) is 24.8 Å². The first-order valence-electron chi connectivity index (χ1n) is 4.29. The summed E-state index contributed by atoms with van der Waals surface area (Å²) in [6.07, 6.45) is 1.46. The lowest BCUT2D eigenvalue weighted by Crippen LogP contribution is -2.28. The predicted octanol–water partition coefficient (Wildman–Crippen LogP) is 0.110. The predicted molar refractivity (Wildman–Crippen MR) is 50.1 cm³/mol. The fourth-order valence-corrected chi connectivity index (χ4v) is 1.19. The lowest BCUT2D eigenvalue weighted by molar-refractivity contribution is 0.542.